The van der Waals surface area contributed by atoms with Crippen LogP contribution < -0.4 is 14.9 Å². The number of ether oxygens (including phenoxy) is 2. The molecule has 0 unspecified atom stereocenters. The van der Waals surface area contributed by atoms with E-state index in [4.69, 9.17) is 21.1 Å². The molecule has 2 aromatic carbocycles. The molecule has 0 fully saturated rings. The maximum Gasteiger partial charge on any atom is 0.206 e. The van der Waals surface area contributed by atoms with Gasteiger partial charge in [-0.3, -0.25) is 4.79 Å². The Morgan fingerprint density at radius 2 is 1.67 bits per heavy atom. The Kier molecular flexibility index (Phi) is 5.19. The van der Waals surface area contributed by atoms with Gasteiger partial charge >= 0.3 is 0 Å². The van der Waals surface area contributed by atoms with Crippen LogP contribution in [0.3, 0.4) is 0 Å². The van der Waals surface area contributed by atoms with E-state index >= 15 is 0 Å². The summed E-state index contributed by atoms with van der Waals surface area (Å²) in [6.45, 7) is 3.33. The minimum absolute atomic E-state index is 0.187. The molecule has 1 aromatic heterocycles. The SMILES string of the molecule is COc1cc(OC)cc(-n2nc(C)c(=O)c(C)c2-c2ccc(F)cc2Cl)c1. The normalized spacial score (nSPS) is 10.7. The van der Waals surface area contributed by atoms with Crippen LogP contribution in [0, 0.1) is 19.7 Å². The van der Waals surface area contributed by atoms with Gasteiger partial charge in [0, 0.05) is 29.3 Å². The fraction of sp³-hybridized carbons (Fsp3) is 0.200. The van der Waals surface area contributed by atoms with Crippen LogP contribution in [0.25, 0.3) is 16.9 Å². The van der Waals surface area contributed by atoms with Crippen LogP contribution in [0.1, 0.15) is 11.3 Å². The van der Waals surface area contributed by atoms with Gasteiger partial charge in [0.05, 0.1) is 30.6 Å². The molecule has 0 amide bonds. The Balaban J connectivity index is 2.39. The summed E-state index contributed by atoms with van der Waals surface area (Å²) < 4.78 is 25.8. The number of aromatic nitrogens is 2. The highest BCUT2D eigenvalue weighted by Gasteiger charge is 2.19. The molecule has 7 heteroatoms. The van der Waals surface area contributed by atoms with Crippen molar-refractivity contribution in [2.24, 2.45) is 0 Å². The van der Waals surface area contributed by atoms with Gasteiger partial charge in [0.25, 0.3) is 0 Å². The number of aryl methyl sites for hydroxylation is 1. The predicted molar refractivity (Wildman–Crippen MR) is 103 cm³/mol. The fourth-order valence-corrected chi connectivity index (χ4v) is 3.14. The number of methoxy groups -OCH3 is 2. The van der Waals surface area contributed by atoms with Gasteiger partial charge in [0.2, 0.25) is 5.43 Å². The second-order valence-corrected chi connectivity index (χ2v) is 6.40. The zero-order valence-electron chi connectivity index (χ0n) is 15.3. The summed E-state index contributed by atoms with van der Waals surface area (Å²) in [7, 11) is 3.09. The first-order valence-electron chi connectivity index (χ1n) is 8.15. The van der Waals surface area contributed by atoms with E-state index in [0.29, 0.717) is 39.7 Å². The molecule has 5 nitrogen and oxygen atoms in total. The molecule has 3 rings (SSSR count). The van der Waals surface area contributed by atoms with E-state index in [2.05, 4.69) is 5.10 Å². The molecule has 3 aromatic rings. The van der Waals surface area contributed by atoms with Crippen LogP contribution in [0.2, 0.25) is 5.02 Å². The zero-order valence-corrected chi connectivity index (χ0v) is 16.1. The minimum Gasteiger partial charge on any atom is -0.497 e. The third kappa shape index (κ3) is 3.53. The van der Waals surface area contributed by atoms with Gasteiger partial charge in [-0.2, -0.15) is 5.10 Å². The monoisotopic (exact) mass is 388 g/mol. The van der Waals surface area contributed by atoms with Crippen molar-refractivity contribution >= 4 is 11.6 Å². The first-order chi connectivity index (χ1) is 12.8. The largest absolute Gasteiger partial charge is 0.497 e. The van der Waals surface area contributed by atoms with Gasteiger partial charge in [0.1, 0.15) is 23.0 Å². The highest BCUT2D eigenvalue weighted by atomic mass is 35.5. The lowest BCUT2D eigenvalue weighted by Crippen LogP contribution is -2.20. The number of halogens is 2. The van der Waals surface area contributed by atoms with Gasteiger partial charge in [-0.05, 0) is 32.0 Å². The van der Waals surface area contributed by atoms with Crippen LogP contribution in [-0.4, -0.2) is 24.0 Å². The van der Waals surface area contributed by atoms with E-state index in [1.54, 1.807) is 50.9 Å². The third-order valence-corrected chi connectivity index (χ3v) is 4.57. The minimum atomic E-state index is -0.460. The van der Waals surface area contributed by atoms with Crippen molar-refractivity contribution in [2.45, 2.75) is 13.8 Å². The van der Waals surface area contributed by atoms with Crippen LogP contribution in [0.15, 0.2) is 41.2 Å². The quantitative estimate of drug-likeness (QED) is 0.667. The van der Waals surface area contributed by atoms with E-state index in [0.717, 1.165) is 0 Å². The molecule has 0 saturated carbocycles. The fourth-order valence-electron chi connectivity index (χ4n) is 2.88. The van der Waals surface area contributed by atoms with Crippen LogP contribution in [-0.2, 0) is 0 Å². The van der Waals surface area contributed by atoms with E-state index in [-0.39, 0.29) is 10.5 Å². The average molecular weight is 389 g/mol. The number of benzene rings is 2. The van der Waals surface area contributed by atoms with Crippen molar-refractivity contribution in [3.8, 4) is 28.4 Å². The van der Waals surface area contributed by atoms with Crippen molar-refractivity contribution in [3.05, 3.63) is 68.7 Å². The van der Waals surface area contributed by atoms with Crippen LogP contribution in [0.4, 0.5) is 4.39 Å². The lowest BCUT2D eigenvalue weighted by Gasteiger charge is -2.18. The molecule has 0 aliphatic rings. The first kappa shape index (κ1) is 18.9. The number of nitrogens with zero attached hydrogens (tertiary/aromatic N) is 2. The first-order valence-corrected chi connectivity index (χ1v) is 8.53. The van der Waals surface area contributed by atoms with Gasteiger partial charge in [-0.15, -0.1) is 0 Å². The molecule has 140 valence electrons. The van der Waals surface area contributed by atoms with E-state index in [1.807, 2.05) is 0 Å². The van der Waals surface area contributed by atoms with Gasteiger partial charge in [-0.25, -0.2) is 9.07 Å². The molecule has 1 heterocycles. The highest BCUT2D eigenvalue weighted by Crippen LogP contribution is 2.33. The summed E-state index contributed by atoms with van der Waals surface area (Å²) in [5, 5.41) is 4.62. The Labute approximate surface area is 160 Å². The molecule has 0 saturated heterocycles. The second kappa shape index (κ2) is 7.40. The zero-order chi connectivity index (χ0) is 19.7. The molecule has 0 aliphatic heterocycles. The van der Waals surface area contributed by atoms with Crippen molar-refractivity contribution in [2.75, 3.05) is 14.2 Å². The summed E-state index contributed by atoms with van der Waals surface area (Å²) in [5.41, 5.74) is 2.19. The molecule has 0 atom stereocenters. The van der Waals surface area contributed by atoms with Gasteiger partial charge < -0.3 is 9.47 Å². The third-order valence-electron chi connectivity index (χ3n) is 4.25. The van der Waals surface area contributed by atoms with Gasteiger partial charge in [-0.1, -0.05) is 11.6 Å². The van der Waals surface area contributed by atoms with E-state index in [9.17, 15) is 9.18 Å². The Morgan fingerprint density at radius 1 is 1.04 bits per heavy atom. The molecular weight excluding hydrogens is 371 g/mol. The van der Waals surface area contributed by atoms with E-state index in [1.165, 1.54) is 18.2 Å². The number of rotatable bonds is 4. The summed E-state index contributed by atoms with van der Waals surface area (Å²) >= 11 is 6.27. The smallest absolute Gasteiger partial charge is 0.206 e. The molecule has 0 N–H and O–H groups in total. The van der Waals surface area contributed by atoms with Crippen LogP contribution >= 0.6 is 11.6 Å². The topological polar surface area (TPSA) is 53.4 Å². The summed E-state index contributed by atoms with van der Waals surface area (Å²) in [5.74, 6) is 0.672. The maximum absolute atomic E-state index is 13.5. The Hall–Kier alpha value is -2.86. The standard InChI is InChI=1S/C20H18ClFN2O3/c1-11-19(17-6-5-13(22)7-18(17)21)24(23-12(2)20(11)25)14-8-15(26-3)10-16(9-14)27-4/h5-10H,1-4H3. The van der Waals surface area contributed by atoms with Crippen molar-refractivity contribution in [3.63, 3.8) is 0 Å². The van der Waals surface area contributed by atoms with Crippen molar-refractivity contribution in [1.29, 1.82) is 0 Å². The number of hydrogen-bond acceptors (Lipinski definition) is 4. The highest BCUT2D eigenvalue weighted by molar-refractivity contribution is 6.33. The van der Waals surface area contributed by atoms with Crippen LogP contribution in [0.5, 0.6) is 11.5 Å². The molecule has 0 aliphatic carbocycles. The molecule has 0 bridgehead atoms. The summed E-state index contributed by atoms with van der Waals surface area (Å²) in [4.78, 5) is 12.5. The molecule has 27 heavy (non-hydrogen) atoms. The average Bonchev–Trinajstić information content (AvgIpc) is 2.66. The maximum atomic E-state index is 13.5. The number of hydrogen-bond donors (Lipinski definition) is 0. The predicted octanol–water partition coefficient (Wildman–Crippen LogP) is 4.33. The summed E-state index contributed by atoms with van der Waals surface area (Å²) in [6.07, 6.45) is 0. The molecule has 0 spiro atoms. The Morgan fingerprint density at radius 3 is 2.22 bits per heavy atom. The molecular formula is C20H18ClFN2O3. The lowest BCUT2D eigenvalue weighted by molar-refractivity contribution is 0.394. The van der Waals surface area contributed by atoms with Gasteiger partial charge in [0.15, 0.2) is 0 Å². The lowest BCUT2D eigenvalue weighted by atomic mass is 10.1. The van der Waals surface area contributed by atoms with Crippen molar-refractivity contribution in [1.82, 2.24) is 9.78 Å². The second-order valence-electron chi connectivity index (χ2n) is 5.99. The summed E-state index contributed by atoms with van der Waals surface area (Å²) in [6, 6.07) is 9.29. The van der Waals surface area contributed by atoms with Crippen molar-refractivity contribution < 1.29 is 13.9 Å². The Bertz CT molecular complexity index is 1060. The van der Waals surface area contributed by atoms with E-state index < -0.39 is 5.82 Å². The molecule has 0 radical (unpaired) electrons.